The van der Waals surface area contributed by atoms with E-state index in [1.165, 1.54) is 0 Å². The number of methoxy groups -OCH3 is 1. The lowest BCUT2D eigenvalue weighted by Crippen LogP contribution is -2.51. The first-order valence-corrected chi connectivity index (χ1v) is 8.74. The molecule has 0 aliphatic carbocycles. The number of aliphatic hydroxyl groups excluding tert-OH is 1. The van der Waals surface area contributed by atoms with Crippen LogP contribution >= 0.6 is 0 Å². The minimum Gasteiger partial charge on any atom is -0.497 e. The monoisotopic (exact) mass is 333 g/mol. The van der Waals surface area contributed by atoms with Crippen molar-refractivity contribution in [1.29, 1.82) is 0 Å². The van der Waals surface area contributed by atoms with E-state index in [0.29, 0.717) is 25.9 Å². The lowest BCUT2D eigenvalue weighted by Gasteiger charge is -2.39. The van der Waals surface area contributed by atoms with Crippen LogP contribution in [0.1, 0.15) is 24.4 Å². The first kappa shape index (κ1) is 17.2. The zero-order valence-electron chi connectivity index (χ0n) is 14.3. The van der Waals surface area contributed by atoms with Crippen LogP contribution in [0.3, 0.4) is 0 Å². The summed E-state index contributed by atoms with van der Waals surface area (Å²) in [6.45, 7) is 4.76. The lowest BCUT2D eigenvalue weighted by molar-refractivity contribution is -0.139. The van der Waals surface area contributed by atoms with Crippen molar-refractivity contribution >= 4 is 5.91 Å². The van der Waals surface area contributed by atoms with Crippen LogP contribution in [0.15, 0.2) is 24.3 Å². The standard InChI is InChI=1S/C18H27N3O3/c1-24-16-4-2-3-14(13-16)17(20-11-7-19-8-12-20)18(23)21-9-5-15(22)6-10-21/h2-4,13,15,17,19,22H,5-12H2,1H3. The average molecular weight is 333 g/mol. The second kappa shape index (κ2) is 7.96. The van der Waals surface area contributed by atoms with Gasteiger partial charge in [0.1, 0.15) is 11.8 Å². The molecule has 2 saturated heterocycles. The Balaban J connectivity index is 1.84. The van der Waals surface area contributed by atoms with Gasteiger partial charge in [-0.15, -0.1) is 0 Å². The minimum absolute atomic E-state index is 0.136. The van der Waals surface area contributed by atoms with Crippen LogP contribution in [0.2, 0.25) is 0 Å². The molecule has 1 aromatic carbocycles. The smallest absolute Gasteiger partial charge is 0.244 e. The van der Waals surface area contributed by atoms with E-state index in [0.717, 1.165) is 37.5 Å². The van der Waals surface area contributed by atoms with Crippen LogP contribution in [-0.2, 0) is 4.79 Å². The normalized spacial score (nSPS) is 21.5. The van der Waals surface area contributed by atoms with Gasteiger partial charge in [-0.1, -0.05) is 12.1 Å². The van der Waals surface area contributed by atoms with Crippen LogP contribution in [0.25, 0.3) is 0 Å². The summed E-state index contributed by atoms with van der Waals surface area (Å²) < 4.78 is 5.34. The minimum atomic E-state index is -0.280. The van der Waals surface area contributed by atoms with Crippen molar-refractivity contribution in [3.63, 3.8) is 0 Å². The summed E-state index contributed by atoms with van der Waals surface area (Å²) in [6, 6.07) is 7.53. The summed E-state index contributed by atoms with van der Waals surface area (Å²) in [4.78, 5) is 17.4. The van der Waals surface area contributed by atoms with Crippen molar-refractivity contribution in [1.82, 2.24) is 15.1 Å². The molecule has 2 aliphatic rings. The second-order valence-corrected chi connectivity index (χ2v) is 6.52. The molecule has 1 atom stereocenters. The SMILES string of the molecule is COc1cccc(C(C(=O)N2CCC(O)CC2)N2CCNCC2)c1. The number of benzene rings is 1. The molecule has 2 N–H and O–H groups in total. The Hall–Kier alpha value is -1.63. The number of amides is 1. The van der Waals surface area contributed by atoms with Crippen molar-refractivity contribution in [2.45, 2.75) is 25.0 Å². The fraction of sp³-hybridized carbons (Fsp3) is 0.611. The lowest BCUT2D eigenvalue weighted by atomic mass is 10.0. The largest absolute Gasteiger partial charge is 0.497 e. The Morgan fingerprint density at radius 1 is 1.25 bits per heavy atom. The Kier molecular flexibility index (Phi) is 5.71. The third kappa shape index (κ3) is 3.88. The van der Waals surface area contributed by atoms with Crippen LogP contribution in [0.4, 0.5) is 0 Å². The number of hydrogen-bond donors (Lipinski definition) is 2. The van der Waals surface area contributed by atoms with E-state index < -0.39 is 0 Å². The van der Waals surface area contributed by atoms with Crippen molar-refractivity contribution in [2.24, 2.45) is 0 Å². The molecule has 0 spiro atoms. The quantitative estimate of drug-likeness (QED) is 0.846. The Bertz CT molecular complexity index is 552. The number of carbonyl (C=O) groups excluding carboxylic acids is 1. The maximum Gasteiger partial charge on any atom is 0.244 e. The molecule has 0 bridgehead atoms. The van der Waals surface area contributed by atoms with Gasteiger partial charge in [0.15, 0.2) is 0 Å². The van der Waals surface area contributed by atoms with Gasteiger partial charge in [-0.2, -0.15) is 0 Å². The summed E-state index contributed by atoms with van der Waals surface area (Å²) in [6.07, 6.45) is 1.06. The molecule has 6 heteroatoms. The molecule has 1 unspecified atom stereocenters. The maximum atomic E-state index is 13.2. The first-order valence-electron chi connectivity index (χ1n) is 8.74. The molecule has 0 aromatic heterocycles. The highest BCUT2D eigenvalue weighted by Crippen LogP contribution is 2.28. The zero-order chi connectivity index (χ0) is 16.9. The molecule has 1 aromatic rings. The van der Waals surface area contributed by atoms with Crippen LogP contribution in [-0.4, -0.2) is 73.3 Å². The van der Waals surface area contributed by atoms with Crippen LogP contribution in [0, 0.1) is 0 Å². The van der Waals surface area contributed by atoms with E-state index in [-0.39, 0.29) is 18.1 Å². The van der Waals surface area contributed by atoms with Gasteiger partial charge in [-0.25, -0.2) is 0 Å². The van der Waals surface area contributed by atoms with Gasteiger partial charge in [0.05, 0.1) is 13.2 Å². The molecule has 0 radical (unpaired) electrons. The van der Waals surface area contributed by atoms with Gasteiger partial charge in [0.25, 0.3) is 0 Å². The summed E-state index contributed by atoms with van der Waals surface area (Å²) in [5.74, 6) is 0.909. The number of carbonyl (C=O) groups is 1. The molecular weight excluding hydrogens is 306 g/mol. The third-order valence-electron chi connectivity index (χ3n) is 4.94. The number of ether oxygens (including phenoxy) is 1. The topological polar surface area (TPSA) is 65.0 Å². The van der Waals surface area contributed by atoms with E-state index in [1.807, 2.05) is 29.2 Å². The van der Waals surface area contributed by atoms with Gasteiger partial charge in [0, 0.05) is 39.3 Å². The Morgan fingerprint density at radius 2 is 1.96 bits per heavy atom. The fourth-order valence-corrected chi connectivity index (χ4v) is 3.52. The molecule has 2 fully saturated rings. The number of rotatable bonds is 4. The van der Waals surface area contributed by atoms with Gasteiger partial charge in [-0.3, -0.25) is 9.69 Å². The van der Waals surface area contributed by atoms with Crippen molar-refractivity contribution in [3.05, 3.63) is 29.8 Å². The molecule has 6 nitrogen and oxygen atoms in total. The highest BCUT2D eigenvalue weighted by atomic mass is 16.5. The summed E-state index contributed by atoms with van der Waals surface area (Å²) >= 11 is 0. The molecule has 2 heterocycles. The van der Waals surface area contributed by atoms with E-state index in [2.05, 4.69) is 10.2 Å². The van der Waals surface area contributed by atoms with Crippen molar-refractivity contribution < 1.29 is 14.6 Å². The van der Waals surface area contributed by atoms with Gasteiger partial charge >= 0.3 is 0 Å². The van der Waals surface area contributed by atoms with Crippen molar-refractivity contribution in [2.75, 3.05) is 46.4 Å². The van der Waals surface area contributed by atoms with Crippen LogP contribution < -0.4 is 10.1 Å². The van der Waals surface area contributed by atoms with Crippen molar-refractivity contribution in [3.8, 4) is 5.75 Å². The van der Waals surface area contributed by atoms with E-state index >= 15 is 0 Å². The van der Waals surface area contributed by atoms with E-state index in [9.17, 15) is 9.90 Å². The van der Waals surface area contributed by atoms with E-state index in [4.69, 9.17) is 4.74 Å². The predicted octanol–water partition coefficient (Wildman–Crippen LogP) is 0.625. The summed E-state index contributed by atoms with van der Waals surface area (Å²) in [5, 5.41) is 13.1. The van der Waals surface area contributed by atoms with Crippen LogP contribution in [0.5, 0.6) is 5.75 Å². The van der Waals surface area contributed by atoms with Gasteiger partial charge in [0.2, 0.25) is 5.91 Å². The third-order valence-corrected chi connectivity index (χ3v) is 4.94. The summed E-state index contributed by atoms with van der Waals surface area (Å²) in [5.41, 5.74) is 0.979. The van der Waals surface area contributed by atoms with E-state index in [1.54, 1.807) is 7.11 Å². The first-order chi connectivity index (χ1) is 11.7. The maximum absolute atomic E-state index is 13.2. The van der Waals surface area contributed by atoms with Gasteiger partial charge < -0.3 is 20.1 Å². The highest BCUT2D eigenvalue weighted by molar-refractivity contribution is 5.83. The van der Waals surface area contributed by atoms with Gasteiger partial charge in [-0.05, 0) is 30.5 Å². The number of aliphatic hydroxyl groups is 1. The predicted molar refractivity (Wildman–Crippen MR) is 92.0 cm³/mol. The summed E-state index contributed by atoms with van der Waals surface area (Å²) in [7, 11) is 1.65. The fourth-order valence-electron chi connectivity index (χ4n) is 3.52. The number of hydrogen-bond acceptors (Lipinski definition) is 5. The molecule has 1 amide bonds. The molecule has 0 saturated carbocycles. The number of likely N-dealkylation sites (tertiary alicyclic amines) is 1. The number of nitrogens with zero attached hydrogens (tertiary/aromatic N) is 2. The highest BCUT2D eigenvalue weighted by Gasteiger charge is 2.33. The molecular formula is C18H27N3O3. The number of nitrogens with one attached hydrogen (secondary N) is 1. The molecule has 132 valence electrons. The Morgan fingerprint density at radius 3 is 2.62 bits per heavy atom. The Labute approximate surface area is 143 Å². The zero-order valence-corrected chi connectivity index (χ0v) is 14.3. The molecule has 24 heavy (non-hydrogen) atoms. The number of piperidine rings is 1. The number of piperazine rings is 1. The second-order valence-electron chi connectivity index (χ2n) is 6.52. The molecule has 3 rings (SSSR count). The average Bonchev–Trinajstić information content (AvgIpc) is 2.63. The molecule has 2 aliphatic heterocycles.